The molecule has 2 rings (SSSR count). The van der Waals surface area contributed by atoms with Gasteiger partial charge in [0, 0.05) is 32.0 Å². The van der Waals surface area contributed by atoms with Crippen LogP contribution in [-0.2, 0) is 13.1 Å². The van der Waals surface area contributed by atoms with Crippen LogP contribution in [0, 0.1) is 11.3 Å². The highest BCUT2D eigenvalue weighted by Crippen LogP contribution is 2.04. The molecule has 0 saturated heterocycles. The van der Waals surface area contributed by atoms with Gasteiger partial charge in [0.25, 0.3) is 0 Å². The van der Waals surface area contributed by atoms with Gasteiger partial charge in [0.15, 0.2) is 5.96 Å². The fraction of sp³-hybridized carbons (Fsp3) is 0.353. The molecular formula is C17H23IN6. The third-order valence-corrected chi connectivity index (χ3v) is 3.26. The maximum atomic E-state index is 8.80. The molecule has 0 atom stereocenters. The molecule has 0 radical (unpaired) electrons. The van der Waals surface area contributed by atoms with Crippen molar-refractivity contribution < 1.29 is 0 Å². The topological polar surface area (TPSA) is 78.0 Å². The van der Waals surface area contributed by atoms with Gasteiger partial charge in [-0.3, -0.25) is 4.68 Å². The van der Waals surface area contributed by atoms with E-state index in [9.17, 15) is 0 Å². The highest BCUT2D eigenvalue weighted by molar-refractivity contribution is 14.0. The summed E-state index contributed by atoms with van der Waals surface area (Å²) in [7, 11) is 0. The largest absolute Gasteiger partial charge is 0.357 e. The number of nitriles is 1. The van der Waals surface area contributed by atoms with Crippen molar-refractivity contribution in [2.75, 3.05) is 13.1 Å². The van der Waals surface area contributed by atoms with Gasteiger partial charge in [-0.05, 0) is 37.1 Å². The Labute approximate surface area is 160 Å². The molecule has 2 aromatic rings. The van der Waals surface area contributed by atoms with Crippen molar-refractivity contribution in [1.82, 2.24) is 20.4 Å². The lowest BCUT2D eigenvalue weighted by atomic mass is 10.1. The first-order valence-corrected chi connectivity index (χ1v) is 7.80. The van der Waals surface area contributed by atoms with E-state index in [1.54, 1.807) is 6.20 Å². The molecule has 128 valence electrons. The smallest absolute Gasteiger partial charge is 0.191 e. The molecule has 7 heteroatoms. The number of halogens is 1. The zero-order valence-electron chi connectivity index (χ0n) is 13.8. The predicted molar refractivity (Wildman–Crippen MR) is 106 cm³/mol. The number of hydrogen-bond acceptors (Lipinski definition) is 3. The van der Waals surface area contributed by atoms with Gasteiger partial charge in [-0.2, -0.15) is 10.4 Å². The summed E-state index contributed by atoms with van der Waals surface area (Å²) < 4.78 is 1.92. The Bertz CT molecular complexity index is 643. The minimum atomic E-state index is 0. The minimum Gasteiger partial charge on any atom is -0.357 e. The fourth-order valence-electron chi connectivity index (χ4n) is 2.08. The molecule has 0 aliphatic rings. The quantitative estimate of drug-likeness (QED) is 0.302. The molecule has 2 N–H and O–H groups in total. The Kier molecular flexibility index (Phi) is 9.53. The van der Waals surface area contributed by atoms with Crippen LogP contribution < -0.4 is 10.6 Å². The van der Waals surface area contributed by atoms with Crippen LogP contribution in [0.2, 0.25) is 0 Å². The van der Waals surface area contributed by atoms with E-state index in [0.717, 1.165) is 37.6 Å². The van der Waals surface area contributed by atoms with E-state index in [-0.39, 0.29) is 24.0 Å². The summed E-state index contributed by atoms with van der Waals surface area (Å²) in [5, 5.41) is 19.5. The fourth-order valence-corrected chi connectivity index (χ4v) is 2.08. The Morgan fingerprint density at radius 3 is 2.71 bits per heavy atom. The number of aromatic nitrogens is 2. The second-order valence-corrected chi connectivity index (χ2v) is 5.05. The number of guanidine groups is 1. The van der Waals surface area contributed by atoms with Crippen molar-refractivity contribution in [1.29, 1.82) is 5.26 Å². The van der Waals surface area contributed by atoms with E-state index in [1.165, 1.54) is 0 Å². The van der Waals surface area contributed by atoms with Crippen molar-refractivity contribution >= 4 is 29.9 Å². The number of nitrogens with one attached hydrogen (secondary N) is 2. The number of nitrogens with zero attached hydrogens (tertiary/aromatic N) is 4. The molecule has 0 spiro atoms. The Morgan fingerprint density at radius 2 is 2.08 bits per heavy atom. The Morgan fingerprint density at radius 1 is 1.29 bits per heavy atom. The van der Waals surface area contributed by atoms with Gasteiger partial charge in [-0.15, -0.1) is 24.0 Å². The van der Waals surface area contributed by atoms with E-state index in [2.05, 4.69) is 26.8 Å². The van der Waals surface area contributed by atoms with Crippen LogP contribution in [0.4, 0.5) is 0 Å². The zero-order chi connectivity index (χ0) is 16.3. The summed E-state index contributed by atoms with van der Waals surface area (Å²) in [6, 6.07) is 11.5. The zero-order valence-corrected chi connectivity index (χ0v) is 16.1. The SMILES string of the molecule is CCNC(=NCc1ccc(C#N)cc1)NCCCn1cccn1.I. The molecule has 0 saturated carbocycles. The first-order valence-electron chi connectivity index (χ1n) is 7.80. The van der Waals surface area contributed by atoms with Crippen LogP contribution >= 0.6 is 24.0 Å². The molecule has 6 nitrogen and oxygen atoms in total. The molecule has 0 amide bonds. The summed E-state index contributed by atoms with van der Waals surface area (Å²) in [6.07, 6.45) is 4.73. The van der Waals surface area contributed by atoms with Gasteiger partial charge < -0.3 is 10.6 Å². The number of benzene rings is 1. The van der Waals surface area contributed by atoms with Crippen LogP contribution in [-0.4, -0.2) is 28.8 Å². The van der Waals surface area contributed by atoms with E-state index in [0.29, 0.717) is 12.1 Å². The van der Waals surface area contributed by atoms with Crippen molar-refractivity contribution in [2.45, 2.75) is 26.4 Å². The monoisotopic (exact) mass is 438 g/mol. The molecule has 1 aromatic carbocycles. The summed E-state index contributed by atoms with van der Waals surface area (Å²) in [4.78, 5) is 4.56. The lowest BCUT2D eigenvalue weighted by Crippen LogP contribution is -2.38. The van der Waals surface area contributed by atoms with E-state index >= 15 is 0 Å². The van der Waals surface area contributed by atoms with Gasteiger partial charge in [0.2, 0.25) is 0 Å². The maximum absolute atomic E-state index is 8.80. The third-order valence-electron chi connectivity index (χ3n) is 3.26. The van der Waals surface area contributed by atoms with Gasteiger partial charge >= 0.3 is 0 Å². The molecule has 1 aromatic heterocycles. The Hall–Kier alpha value is -2.08. The molecule has 0 aliphatic carbocycles. The van der Waals surface area contributed by atoms with Crippen LogP contribution in [0.15, 0.2) is 47.7 Å². The summed E-state index contributed by atoms with van der Waals surface area (Å²) >= 11 is 0. The van der Waals surface area contributed by atoms with Gasteiger partial charge in [-0.25, -0.2) is 4.99 Å². The molecule has 24 heavy (non-hydrogen) atoms. The molecule has 0 aliphatic heterocycles. The molecule has 0 bridgehead atoms. The average Bonchev–Trinajstić information content (AvgIpc) is 3.10. The van der Waals surface area contributed by atoms with Crippen LogP contribution in [0.5, 0.6) is 0 Å². The number of aliphatic imine (C=N–C) groups is 1. The number of hydrogen-bond donors (Lipinski definition) is 2. The van der Waals surface area contributed by atoms with Gasteiger partial charge in [0.1, 0.15) is 0 Å². The summed E-state index contributed by atoms with van der Waals surface area (Å²) in [5.74, 6) is 0.803. The molecule has 0 unspecified atom stereocenters. The number of aryl methyl sites for hydroxylation is 1. The first kappa shape index (κ1) is 20.0. The van der Waals surface area contributed by atoms with Crippen molar-refractivity contribution in [3.63, 3.8) is 0 Å². The lowest BCUT2D eigenvalue weighted by molar-refractivity contribution is 0.570. The first-order chi connectivity index (χ1) is 11.3. The average molecular weight is 438 g/mol. The van der Waals surface area contributed by atoms with E-state index in [1.807, 2.05) is 48.1 Å². The highest BCUT2D eigenvalue weighted by atomic mass is 127. The van der Waals surface area contributed by atoms with Gasteiger partial charge in [0.05, 0.1) is 18.2 Å². The minimum absolute atomic E-state index is 0. The number of rotatable bonds is 7. The van der Waals surface area contributed by atoms with Crippen LogP contribution in [0.3, 0.4) is 0 Å². The molecule has 0 fully saturated rings. The van der Waals surface area contributed by atoms with Crippen LogP contribution in [0.1, 0.15) is 24.5 Å². The normalized spacial score (nSPS) is 10.6. The maximum Gasteiger partial charge on any atom is 0.191 e. The van der Waals surface area contributed by atoms with E-state index in [4.69, 9.17) is 5.26 Å². The Balaban J connectivity index is 0.00000288. The van der Waals surface area contributed by atoms with Crippen molar-refractivity contribution in [3.8, 4) is 6.07 Å². The summed E-state index contributed by atoms with van der Waals surface area (Å²) in [6.45, 7) is 5.16. The van der Waals surface area contributed by atoms with Gasteiger partial charge in [-0.1, -0.05) is 12.1 Å². The highest BCUT2D eigenvalue weighted by Gasteiger charge is 1.98. The lowest BCUT2D eigenvalue weighted by Gasteiger charge is -2.11. The molecular weight excluding hydrogens is 415 g/mol. The van der Waals surface area contributed by atoms with Crippen molar-refractivity contribution in [3.05, 3.63) is 53.9 Å². The van der Waals surface area contributed by atoms with Crippen molar-refractivity contribution in [2.24, 2.45) is 4.99 Å². The van der Waals surface area contributed by atoms with Crippen LogP contribution in [0.25, 0.3) is 0 Å². The predicted octanol–water partition coefficient (Wildman–Crippen LogP) is 2.52. The van der Waals surface area contributed by atoms with E-state index < -0.39 is 0 Å². The second kappa shape index (κ2) is 11.5. The second-order valence-electron chi connectivity index (χ2n) is 5.05. The standard InChI is InChI=1S/C17H22N6.HI/c1-2-19-17(20-9-3-11-23-12-4-10-22-23)21-14-16-7-5-15(13-18)6-8-16;/h4-8,10,12H,2-3,9,11,14H2,1H3,(H2,19,20,21);1H. The summed E-state index contributed by atoms with van der Waals surface area (Å²) in [5.41, 5.74) is 1.75. The molecule has 1 heterocycles. The third kappa shape index (κ3) is 7.00.